The molecule has 4 amide bonds. The predicted molar refractivity (Wildman–Crippen MR) is 106 cm³/mol. The van der Waals surface area contributed by atoms with Gasteiger partial charge in [0.25, 0.3) is 5.91 Å². The molecule has 1 fully saturated rings. The molecule has 1 aliphatic heterocycles. The van der Waals surface area contributed by atoms with Crippen molar-refractivity contribution in [1.29, 1.82) is 0 Å². The lowest BCUT2D eigenvalue weighted by molar-refractivity contribution is -0.129. The van der Waals surface area contributed by atoms with E-state index in [2.05, 4.69) is 20.4 Å². The molecule has 1 aliphatic rings. The number of methoxy groups -OCH3 is 1. The van der Waals surface area contributed by atoms with Gasteiger partial charge in [-0.05, 0) is 18.9 Å². The van der Waals surface area contributed by atoms with E-state index < -0.39 is 29.9 Å². The number of thiazole rings is 1. The van der Waals surface area contributed by atoms with E-state index in [0.717, 1.165) is 21.8 Å². The third kappa shape index (κ3) is 4.77. The van der Waals surface area contributed by atoms with Crippen LogP contribution in [0.4, 0.5) is 9.93 Å². The summed E-state index contributed by atoms with van der Waals surface area (Å²) < 4.78 is 4.63. The molecule has 9 nitrogen and oxygen atoms in total. The van der Waals surface area contributed by atoms with Gasteiger partial charge in [-0.25, -0.2) is 14.6 Å². The lowest BCUT2D eigenvalue weighted by Gasteiger charge is -2.12. The smallest absolute Gasteiger partial charge is 0.357 e. The second-order valence-electron chi connectivity index (χ2n) is 6.40. The number of anilines is 1. The number of hydrogen-bond acceptors (Lipinski definition) is 7. The molecule has 0 aliphatic carbocycles. The first-order valence-corrected chi connectivity index (χ1v) is 9.72. The van der Waals surface area contributed by atoms with Crippen molar-refractivity contribution in [2.75, 3.05) is 19.0 Å². The highest BCUT2D eigenvalue weighted by Crippen LogP contribution is 2.23. The van der Waals surface area contributed by atoms with E-state index in [9.17, 15) is 19.2 Å². The Morgan fingerprint density at radius 3 is 2.69 bits per heavy atom. The number of amides is 4. The third-order valence-corrected chi connectivity index (χ3v) is 5.27. The van der Waals surface area contributed by atoms with Crippen molar-refractivity contribution >= 4 is 40.3 Å². The number of nitrogens with zero attached hydrogens (tertiary/aromatic N) is 2. The summed E-state index contributed by atoms with van der Waals surface area (Å²) in [5, 5.41) is 5.32. The number of ether oxygens (including phenoxy) is 1. The SMILES string of the molecule is COC(=O)c1nc(NC(=O)CC2NC(=O)N(CCc3ccccc3)C2=O)sc1C. The number of aromatic nitrogens is 1. The Morgan fingerprint density at radius 1 is 1.28 bits per heavy atom. The van der Waals surface area contributed by atoms with Gasteiger partial charge >= 0.3 is 12.0 Å². The van der Waals surface area contributed by atoms with Crippen molar-refractivity contribution in [3.05, 3.63) is 46.5 Å². The molecule has 0 saturated carbocycles. The number of rotatable bonds is 7. The molecule has 1 saturated heterocycles. The van der Waals surface area contributed by atoms with Crippen molar-refractivity contribution in [3.8, 4) is 0 Å². The van der Waals surface area contributed by atoms with Crippen molar-refractivity contribution in [2.24, 2.45) is 0 Å². The number of carbonyl (C=O) groups excluding carboxylic acids is 4. The number of nitrogens with one attached hydrogen (secondary N) is 2. The van der Waals surface area contributed by atoms with Gasteiger partial charge in [0, 0.05) is 11.4 Å². The highest BCUT2D eigenvalue weighted by atomic mass is 32.1. The van der Waals surface area contributed by atoms with Crippen LogP contribution in [0.25, 0.3) is 0 Å². The van der Waals surface area contributed by atoms with Crippen LogP contribution in [0.1, 0.15) is 27.3 Å². The zero-order chi connectivity index (χ0) is 21.0. The first kappa shape index (κ1) is 20.5. The second-order valence-corrected chi connectivity index (χ2v) is 7.60. The monoisotopic (exact) mass is 416 g/mol. The van der Waals surface area contributed by atoms with E-state index in [-0.39, 0.29) is 23.8 Å². The number of urea groups is 1. The molecule has 2 heterocycles. The minimum atomic E-state index is -0.931. The summed E-state index contributed by atoms with van der Waals surface area (Å²) in [7, 11) is 1.25. The van der Waals surface area contributed by atoms with Crippen LogP contribution in [0.2, 0.25) is 0 Å². The van der Waals surface area contributed by atoms with Gasteiger partial charge in [-0.2, -0.15) is 0 Å². The fraction of sp³-hybridized carbons (Fsp3) is 0.316. The van der Waals surface area contributed by atoms with Crippen molar-refractivity contribution in [2.45, 2.75) is 25.8 Å². The first-order chi connectivity index (χ1) is 13.9. The van der Waals surface area contributed by atoms with Crippen LogP contribution in [-0.4, -0.2) is 53.4 Å². The summed E-state index contributed by atoms with van der Waals surface area (Å²) in [5.41, 5.74) is 1.14. The zero-order valence-corrected chi connectivity index (χ0v) is 16.7. The fourth-order valence-corrected chi connectivity index (χ4v) is 3.72. The van der Waals surface area contributed by atoms with Gasteiger partial charge in [0.1, 0.15) is 6.04 Å². The molecule has 0 radical (unpaired) electrons. The Balaban J connectivity index is 1.56. The minimum Gasteiger partial charge on any atom is -0.464 e. The van der Waals surface area contributed by atoms with Crippen LogP contribution >= 0.6 is 11.3 Å². The van der Waals surface area contributed by atoms with E-state index in [1.165, 1.54) is 7.11 Å². The third-order valence-electron chi connectivity index (χ3n) is 4.39. The van der Waals surface area contributed by atoms with Crippen LogP contribution in [0.15, 0.2) is 30.3 Å². The number of benzene rings is 1. The summed E-state index contributed by atoms with van der Waals surface area (Å²) in [6, 6.07) is 8.07. The number of esters is 1. The molecule has 0 bridgehead atoms. The summed E-state index contributed by atoms with van der Waals surface area (Å²) in [6.07, 6.45) is 0.312. The molecule has 29 heavy (non-hydrogen) atoms. The Hall–Kier alpha value is -3.27. The topological polar surface area (TPSA) is 118 Å². The fourth-order valence-electron chi connectivity index (χ4n) is 2.90. The summed E-state index contributed by atoms with van der Waals surface area (Å²) in [4.78, 5) is 54.3. The van der Waals surface area contributed by atoms with E-state index in [1.54, 1.807) is 6.92 Å². The second kappa shape index (κ2) is 8.82. The highest BCUT2D eigenvalue weighted by molar-refractivity contribution is 7.16. The Kier molecular flexibility index (Phi) is 6.23. The number of carbonyl (C=O) groups is 4. The zero-order valence-electron chi connectivity index (χ0n) is 15.9. The molecule has 152 valence electrons. The quantitative estimate of drug-likeness (QED) is 0.524. The summed E-state index contributed by atoms with van der Waals surface area (Å²) in [5.74, 6) is -1.52. The predicted octanol–water partition coefficient (Wildman–Crippen LogP) is 1.73. The van der Waals surface area contributed by atoms with E-state index in [4.69, 9.17) is 0 Å². The normalized spacial score (nSPS) is 15.9. The molecule has 2 N–H and O–H groups in total. The van der Waals surface area contributed by atoms with E-state index in [0.29, 0.717) is 11.3 Å². The molecule has 2 aromatic rings. The molecule has 10 heteroatoms. The molecule has 1 aromatic carbocycles. The van der Waals surface area contributed by atoms with Gasteiger partial charge in [0.05, 0.1) is 13.5 Å². The molecular formula is C19H20N4O5S. The molecule has 0 spiro atoms. The van der Waals surface area contributed by atoms with Crippen LogP contribution in [0, 0.1) is 6.92 Å². The van der Waals surface area contributed by atoms with Crippen molar-refractivity contribution in [3.63, 3.8) is 0 Å². The van der Waals surface area contributed by atoms with Gasteiger partial charge in [0.2, 0.25) is 5.91 Å². The largest absolute Gasteiger partial charge is 0.464 e. The van der Waals surface area contributed by atoms with Crippen LogP contribution in [-0.2, 0) is 20.7 Å². The van der Waals surface area contributed by atoms with E-state index >= 15 is 0 Å². The lowest BCUT2D eigenvalue weighted by atomic mass is 10.1. The molecule has 1 atom stereocenters. The summed E-state index contributed by atoms with van der Waals surface area (Å²) >= 11 is 1.13. The van der Waals surface area contributed by atoms with Crippen molar-refractivity contribution in [1.82, 2.24) is 15.2 Å². The molecule has 1 aromatic heterocycles. The van der Waals surface area contributed by atoms with Crippen LogP contribution in [0.3, 0.4) is 0 Å². The highest BCUT2D eigenvalue weighted by Gasteiger charge is 2.38. The van der Waals surface area contributed by atoms with Gasteiger partial charge in [-0.3, -0.25) is 14.5 Å². The number of hydrogen-bond donors (Lipinski definition) is 2. The summed E-state index contributed by atoms with van der Waals surface area (Å²) in [6.45, 7) is 1.92. The van der Waals surface area contributed by atoms with Crippen LogP contribution < -0.4 is 10.6 Å². The van der Waals surface area contributed by atoms with Gasteiger partial charge in [0.15, 0.2) is 10.8 Å². The minimum absolute atomic E-state index is 0.130. The Labute approximate surface area is 171 Å². The van der Waals surface area contributed by atoms with Gasteiger partial charge < -0.3 is 15.4 Å². The standard InChI is InChI=1S/C19H20N4O5S/c1-11-15(17(26)28-2)22-18(29-11)21-14(24)10-13-16(25)23(19(27)20-13)9-8-12-6-4-3-5-7-12/h3-7,13H,8-10H2,1-2H3,(H,20,27)(H,21,22,24). The maximum atomic E-state index is 12.5. The Bertz CT molecular complexity index is 943. The molecule has 3 rings (SSSR count). The average molecular weight is 416 g/mol. The first-order valence-electron chi connectivity index (χ1n) is 8.90. The van der Waals surface area contributed by atoms with Gasteiger partial charge in [-0.15, -0.1) is 11.3 Å². The number of imide groups is 1. The molecular weight excluding hydrogens is 396 g/mol. The lowest BCUT2D eigenvalue weighted by Crippen LogP contribution is -2.34. The average Bonchev–Trinajstić information content (AvgIpc) is 3.19. The molecule has 1 unspecified atom stereocenters. The van der Waals surface area contributed by atoms with Crippen LogP contribution in [0.5, 0.6) is 0 Å². The van der Waals surface area contributed by atoms with Gasteiger partial charge in [-0.1, -0.05) is 30.3 Å². The maximum Gasteiger partial charge on any atom is 0.357 e. The van der Waals surface area contributed by atoms with Crippen molar-refractivity contribution < 1.29 is 23.9 Å². The van der Waals surface area contributed by atoms with E-state index in [1.807, 2.05) is 30.3 Å². The Morgan fingerprint density at radius 2 is 2.00 bits per heavy atom. The maximum absolute atomic E-state index is 12.5. The number of aryl methyl sites for hydroxylation is 1.